The lowest BCUT2D eigenvalue weighted by molar-refractivity contribution is -0.137. The van der Waals surface area contributed by atoms with Gasteiger partial charge in [-0.25, -0.2) is 0 Å². The van der Waals surface area contributed by atoms with Crippen molar-refractivity contribution in [2.45, 2.75) is 91.4 Å². The first-order valence-electron chi connectivity index (χ1n) is 8.15. The summed E-state index contributed by atoms with van der Waals surface area (Å²) in [5.74, 6) is -0.293. The summed E-state index contributed by atoms with van der Waals surface area (Å²) < 4.78 is 0. The van der Waals surface area contributed by atoms with Crippen LogP contribution in [0.3, 0.4) is 0 Å². The number of ketones is 1. The zero-order valence-electron chi connectivity index (χ0n) is 13.5. The Hall–Kier alpha value is -0.860. The number of unbranched alkanes of at least 4 members (excludes halogenated alkanes) is 7. The van der Waals surface area contributed by atoms with Gasteiger partial charge in [0, 0.05) is 18.3 Å². The molecule has 0 aromatic heterocycles. The molecule has 0 aromatic carbocycles. The van der Waals surface area contributed by atoms with Gasteiger partial charge in [-0.3, -0.25) is 9.59 Å². The van der Waals surface area contributed by atoms with E-state index in [2.05, 4.69) is 6.92 Å². The summed E-state index contributed by atoms with van der Waals surface area (Å²) in [7, 11) is 0. The van der Waals surface area contributed by atoms with Crippen LogP contribution in [0.2, 0.25) is 0 Å². The van der Waals surface area contributed by atoms with Gasteiger partial charge >= 0.3 is 5.97 Å². The maximum atomic E-state index is 11.9. The largest absolute Gasteiger partial charge is 0.481 e. The molecule has 0 saturated carbocycles. The maximum absolute atomic E-state index is 11.9. The molecule has 1 N–H and O–H groups in total. The molecule has 3 heteroatoms. The summed E-state index contributed by atoms with van der Waals surface area (Å²) in [6.07, 6.45) is 10.6. The number of carboxylic acid groups (broad SMARTS) is 1. The fourth-order valence-electron chi connectivity index (χ4n) is 2.16. The summed E-state index contributed by atoms with van der Waals surface area (Å²) >= 11 is 0. The minimum absolute atomic E-state index is 0.149. The van der Waals surface area contributed by atoms with Crippen LogP contribution in [0.25, 0.3) is 0 Å². The quantitative estimate of drug-likeness (QED) is 0.485. The van der Waals surface area contributed by atoms with E-state index in [4.69, 9.17) is 5.11 Å². The molecular weight excluding hydrogens is 252 g/mol. The Morgan fingerprint density at radius 2 is 1.20 bits per heavy atom. The highest BCUT2D eigenvalue weighted by atomic mass is 16.4. The standard InChI is InChI=1S/C17H32O3/c1-4-17(2,3)15(18)13-11-9-7-5-6-8-10-12-14-16(19)20/h4-14H2,1-3H3,(H,19,20). The van der Waals surface area contributed by atoms with Crippen molar-refractivity contribution < 1.29 is 14.7 Å². The highest BCUT2D eigenvalue weighted by Crippen LogP contribution is 2.24. The Morgan fingerprint density at radius 1 is 0.800 bits per heavy atom. The van der Waals surface area contributed by atoms with Gasteiger partial charge in [-0.1, -0.05) is 59.3 Å². The monoisotopic (exact) mass is 284 g/mol. The lowest BCUT2D eigenvalue weighted by Gasteiger charge is -2.20. The van der Waals surface area contributed by atoms with Crippen molar-refractivity contribution in [1.82, 2.24) is 0 Å². The third kappa shape index (κ3) is 9.99. The Morgan fingerprint density at radius 3 is 1.60 bits per heavy atom. The van der Waals surface area contributed by atoms with Crippen molar-refractivity contribution in [1.29, 1.82) is 0 Å². The van der Waals surface area contributed by atoms with Crippen LogP contribution < -0.4 is 0 Å². The van der Waals surface area contributed by atoms with Crippen LogP contribution in [0.15, 0.2) is 0 Å². The van der Waals surface area contributed by atoms with Crippen molar-refractivity contribution >= 4 is 11.8 Å². The van der Waals surface area contributed by atoms with Gasteiger partial charge in [-0.2, -0.15) is 0 Å². The Balaban J connectivity index is 3.33. The molecule has 0 spiro atoms. The first kappa shape index (κ1) is 19.1. The number of carbonyl (C=O) groups is 2. The second kappa shape index (κ2) is 10.9. The number of carboxylic acids is 1. The first-order valence-corrected chi connectivity index (χ1v) is 8.15. The molecule has 0 aliphatic carbocycles. The summed E-state index contributed by atoms with van der Waals surface area (Å²) in [6.45, 7) is 6.14. The number of rotatable bonds is 13. The van der Waals surface area contributed by atoms with E-state index in [-0.39, 0.29) is 5.41 Å². The highest BCUT2D eigenvalue weighted by molar-refractivity contribution is 5.83. The summed E-state index contributed by atoms with van der Waals surface area (Å²) in [5, 5.41) is 8.51. The van der Waals surface area contributed by atoms with E-state index in [1.165, 1.54) is 19.3 Å². The number of hydrogen-bond acceptors (Lipinski definition) is 2. The molecule has 0 aromatic rings. The first-order chi connectivity index (χ1) is 9.40. The van der Waals surface area contributed by atoms with E-state index in [1.807, 2.05) is 13.8 Å². The molecule has 0 amide bonds. The third-order valence-electron chi connectivity index (χ3n) is 4.18. The smallest absolute Gasteiger partial charge is 0.303 e. The molecule has 0 atom stereocenters. The molecule has 0 heterocycles. The molecule has 20 heavy (non-hydrogen) atoms. The maximum Gasteiger partial charge on any atom is 0.303 e. The summed E-state index contributed by atoms with van der Waals surface area (Å²) in [6, 6.07) is 0. The lowest BCUT2D eigenvalue weighted by Crippen LogP contribution is -2.22. The highest BCUT2D eigenvalue weighted by Gasteiger charge is 2.23. The molecule has 118 valence electrons. The van der Waals surface area contributed by atoms with Crippen LogP contribution in [0.5, 0.6) is 0 Å². The van der Waals surface area contributed by atoms with Gasteiger partial charge in [0.25, 0.3) is 0 Å². The summed E-state index contributed by atoms with van der Waals surface area (Å²) in [5.41, 5.74) is -0.149. The van der Waals surface area contributed by atoms with Crippen LogP contribution in [-0.4, -0.2) is 16.9 Å². The van der Waals surface area contributed by atoms with Gasteiger partial charge in [0.05, 0.1) is 0 Å². The SMILES string of the molecule is CCC(C)(C)C(=O)CCCCCCCCCCC(=O)O. The number of aliphatic carboxylic acids is 1. The second-order valence-corrected chi connectivity index (χ2v) is 6.38. The molecule has 0 aliphatic rings. The van der Waals surface area contributed by atoms with Gasteiger partial charge in [-0.15, -0.1) is 0 Å². The van der Waals surface area contributed by atoms with Gasteiger partial charge in [-0.05, 0) is 19.3 Å². The van der Waals surface area contributed by atoms with E-state index in [0.29, 0.717) is 12.2 Å². The molecule has 0 saturated heterocycles. The van der Waals surface area contributed by atoms with E-state index in [1.54, 1.807) is 0 Å². The third-order valence-corrected chi connectivity index (χ3v) is 4.18. The predicted octanol–water partition coefficient (Wildman–Crippen LogP) is 4.98. The van der Waals surface area contributed by atoms with Crippen LogP contribution in [0.1, 0.15) is 91.4 Å². The minimum Gasteiger partial charge on any atom is -0.481 e. The van der Waals surface area contributed by atoms with Crippen molar-refractivity contribution in [3.8, 4) is 0 Å². The van der Waals surface area contributed by atoms with Crippen LogP contribution in [0, 0.1) is 5.41 Å². The molecule has 3 nitrogen and oxygen atoms in total. The van der Waals surface area contributed by atoms with Crippen LogP contribution in [0.4, 0.5) is 0 Å². The molecule has 0 rings (SSSR count). The van der Waals surface area contributed by atoms with Crippen LogP contribution in [-0.2, 0) is 9.59 Å². The normalized spacial score (nSPS) is 11.6. The van der Waals surface area contributed by atoms with Gasteiger partial charge in [0.1, 0.15) is 5.78 Å². The Labute approximate surface area is 124 Å². The second-order valence-electron chi connectivity index (χ2n) is 6.38. The van der Waals surface area contributed by atoms with E-state index in [9.17, 15) is 9.59 Å². The fraction of sp³-hybridized carbons (Fsp3) is 0.882. The molecule has 0 radical (unpaired) electrons. The zero-order valence-corrected chi connectivity index (χ0v) is 13.5. The number of hydrogen-bond donors (Lipinski definition) is 1. The molecular formula is C17H32O3. The topological polar surface area (TPSA) is 54.4 Å². The van der Waals surface area contributed by atoms with Gasteiger partial charge < -0.3 is 5.11 Å². The number of carbonyl (C=O) groups excluding carboxylic acids is 1. The fourth-order valence-corrected chi connectivity index (χ4v) is 2.16. The molecule has 0 bridgehead atoms. The van der Waals surface area contributed by atoms with E-state index in [0.717, 1.165) is 44.9 Å². The average molecular weight is 284 g/mol. The molecule has 0 fully saturated rings. The van der Waals surface area contributed by atoms with Crippen molar-refractivity contribution in [3.63, 3.8) is 0 Å². The predicted molar refractivity (Wildman–Crippen MR) is 82.9 cm³/mol. The van der Waals surface area contributed by atoms with E-state index >= 15 is 0 Å². The van der Waals surface area contributed by atoms with Crippen molar-refractivity contribution in [2.75, 3.05) is 0 Å². The average Bonchev–Trinajstić information content (AvgIpc) is 2.40. The van der Waals surface area contributed by atoms with Crippen molar-refractivity contribution in [2.24, 2.45) is 5.41 Å². The Kier molecular flexibility index (Phi) is 10.4. The summed E-state index contributed by atoms with van der Waals surface area (Å²) in [4.78, 5) is 22.2. The zero-order chi connectivity index (χ0) is 15.4. The van der Waals surface area contributed by atoms with Gasteiger partial charge in [0.15, 0.2) is 0 Å². The van der Waals surface area contributed by atoms with Crippen LogP contribution >= 0.6 is 0 Å². The molecule has 0 aliphatic heterocycles. The minimum atomic E-state index is -0.690. The van der Waals surface area contributed by atoms with E-state index < -0.39 is 5.97 Å². The van der Waals surface area contributed by atoms with Crippen molar-refractivity contribution in [3.05, 3.63) is 0 Å². The lowest BCUT2D eigenvalue weighted by atomic mass is 9.83. The van der Waals surface area contributed by atoms with Gasteiger partial charge in [0.2, 0.25) is 0 Å². The molecule has 0 unspecified atom stereocenters. The number of Topliss-reactive ketones (excluding diaryl/α,β-unsaturated/α-hetero) is 1. The Bertz CT molecular complexity index is 282.